The minimum Gasteiger partial charge on any atom is -0.495 e. The molecule has 1 aromatic heterocycles. The van der Waals surface area contributed by atoms with E-state index in [0.717, 1.165) is 41.1 Å². The van der Waals surface area contributed by atoms with Crippen LogP contribution in [0.3, 0.4) is 0 Å². The fourth-order valence-electron chi connectivity index (χ4n) is 4.85. The van der Waals surface area contributed by atoms with Crippen LogP contribution < -0.4 is 20.7 Å². The number of alkyl halides is 3. The number of benzene rings is 2. The molecule has 41 heavy (non-hydrogen) atoms. The lowest BCUT2D eigenvalue weighted by Crippen LogP contribution is -2.46. The van der Waals surface area contributed by atoms with Crippen LogP contribution in [0.25, 0.3) is 10.9 Å². The number of aliphatic hydroxyl groups is 1. The summed E-state index contributed by atoms with van der Waals surface area (Å²) >= 11 is 1.59. The molecular weight excluding hydrogens is 555 g/mol. The van der Waals surface area contributed by atoms with Gasteiger partial charge in [0.05, 0.1) is 42.8 Å². The number of fused-ring (bicyclic) bond motifs is 1. The normalized spacial score (nSPS) is 14.4. The zero-order valence-corrected chi connectivity index (χ0v) is 23.8. The van der Waals surface area contributed by atoms with Crippen molar-refractivity contribution in [2.24, 2.45) is 0 Å². The van der Waals surface area contributed by atoms with Gasteiger partial charge in [-0.25, -0.2) is 4.79 Å². The number of hydrogen-bond acceptors (Lipinski definition) is 6. The van der Waals surface area contributed by atoms with E-state index in [1.807, 2.05) is 24.5 Å². The van der Waals surface area contributed by atoms with Crippen molar-refractivity contribution in [3.05, 3.63) is 48.2 Å². The van der Waals surface area contributed by atoms with Crippen LogP contribution in [0.4, 0.5) is 29.3 Å². The van der Waals surface area contributed by atoms with Gasteiger partial charge >= 0.3 is 12.2 Å². The number of carbonyl (C=O) groups excluding carboxylic acids is 1. The summed E-state index contributed by atoms with van der Waals surface area (Å²) in [5.74, 6) is 6.43. The van der Waals surface area contributed by atoms with E-state index >= 15 is 0 Å². The van der Waals surface area contributed by atoms with Crippen molar-refractivity contribution >= 4 is 40.1 Å². The number of piperidine rings is 1. The fourth-order valence-corrected chi connectivity index (χ4v) is 5.28. The molecule has 8 nitrogen and oxygen atoms in total. The zero-order valence-electron chi connectivity index (χ0n) is 23.0. The van der Waals surface area contributed by atoms with Gasteiger partial charge in [0.25, 0.3) is 0 Å². The lowest BCUT2D eigenvalue weighted by molar-refractivity contribution is -0.140. The maximum atomic E-state index is 13.5. The van der Waals surface area contributed by atoms with Crippen LogP contribution in [-0.4, -0.2) is 79.0 Å². The molecule has 1 aliphatic heterocycles. The SMILES string of the molecule is COc1cc(SC)ccc1NCC#Cc1cc2c(NC(=O)NC3CCN(CCO)CC3)cccc2n1CC(F)(F)F. The molecule has 0 bridgehead atoms. The smallest absolute Gasteiger partial charge is 0.406 e. The number of urea groups is 1. The molecule has 1 saturated heterocycles. The Bertz CT molecular complexity index is 1410. The molecule has 4 N–H and O–H groups in total. The number of amides is 2. The van der Waals surface area contributed by atoms with Gasteiger partial charge in [0.2, 0.25) is 0 Å². The minimum atomic E-state index is -4.46. The highest BCUT2D eigenvalue weighted by Crippen LogP contribution is 2.31. The number of ether oxygens (including phenoxy) is 1. The average molecular weight is 590 g/mol. The number of aliphatic hydroxyl groups excluding tert-OH is 1. The largest absolute Gasteiger partial charge is 0.495 e. The van der Waals surface area contributed by atoms with Crippen LogP contribution in [0.15, 0.2) is 47.4 Å². The van der Waals surface area contributed by atoms with Gasteiger partial charge in [0, 0.05) is 36.0 Å². The van der Waals surface area contributed by atoms with Gasteiger partial charge in [0.15, 0.2) is 0 Å². The third kappa shape index (κ3) is 8.25. The summed E-state index contributed by atoms with van der Waals surface area (Å²) in [5.41, 5.74) is 1.64. The number of methoxy groups -OCH3 is 1. The molecule has 0 saturated carbocycles. The Balaban J connectivity index is 1.51. The molecule has 0 unspecified atom stereocenters. The van der Waals surface area contributed by atoms with E-state index < -0.39 is 18.8 Å². The molecule has 2 amide bonds. The molecule has 0 aliphatic carbocycles. The summed E-state index contributed by atoms with van der Waals surface area (Å²) in [6.45, 7) is 1.23. The van der Waals surface area contributed by atoms with E-state index in [0.29, 0.717) is 28.9 Å². The van der Waals surface area contributed by atoms with Gasteiger partial charge in [-0.3, -0.25) is 0 Å². The molecule has 220 valence electrons. The van der Waals surface area contributed by atoms with Crippen molar-refractivity contribution in [1.82, 2.24) is 14.8 Å². The van der Waals surface area contributed by atoms with Gasteiger partial charge in [0.1, 0.15) is 12.3 Å². The second kappa shape index (κ2) is 13.9. The van der Waals surface area contributed by atoms with E-state index in [1.165, 1.54) is 0 Å². The lowest BCUT2D eigenvalue weighted by Gasteiger charge is -2.31. The molecule has 0 radical (unpaired) electrons. The second-order valence-electron chi connectivity index (χ2n) is 9.63. The molecule has 4 rings (SSSR count). The average Bonchev–Trinajstić information content (AvgIpc) is 3.29. The van der Waals surface area contributed by atoms with Gasteiger partial charge < -0.3 is 35.3 Å². The highest BCUT2D eigenvalue weighted by Gasteiger charge is 2.30. The Hall–Kier alpha value is -3.53. The highest BCUT2D eigenvalue weighted by atomic mass is 32.2. The van der Waals surface area contributed by atoms with Crippen molar-refractivity contribution in [2.75, 3.05) is 56.8 Å². The molecule has 1 fully saturated rings. The number of likely N-dealkylation sites (tertiary alicyclic amines) is 1. The first-order valence-electron chi connectivity index (χ1n) is 13.2. The van der Waals surface area contributed by atoms with Crippen LogP contribution in [-0.2, 0) is 6.54 Å². The molecule has 0 atom stereocenters. The summed E-state index contributed by atoms with van der Waals surface area (Å²) in [6, 6.07) is 11.7. The number of rotatable bonds is 9. The molecule has 1 aliphatic rings. The number of anilines is 2. The number of carbonyl (C=O) groups is 1. The summed E-state index contributed by atoms with van der Waals surface area (Å²) in [7, 11) is 1.57. The molecule has 0 spiro atoms. The first-order valence-corrected chi connectivity index (χ1v) is 14.5. The quantitative estimate of drug-likeness (QED) is 0.208. The van der Waals surface area contributed by atoms with Crippen molar-refractivity contribution < 1.29 is 27.8 Å². The van der Waals surface area contributed by atoms with Gasteiger partial charge in [-0.15, -0.1) is 11.8 Å². The van der Waals surface area contributed by atoms with Crippen LogP contribution in [0, 0.1) is 11.8 Å². The Morgan fingerprint density at radius 3 is 2.63 bits per heavy atom. The van der Waals surface area contributed by atoms with E-state index in [2.05, 4.69) is 32.7 Å². The standard InChI is InChI=1S/C29H34F3N5O3S/c1-40-27-18-22(41-2)8-9-25(27)33-12-4-5-21-17-23-24(6-3-7-26(23)37(21)19-29(30,31)32)35-28(39)34-20-10-13-36(14-11-20)15-16-38/h3,6-9,17-18,20,33,38H,10-16,19H2,1-2H3,(H2,34,35,39). The predicted octanol–water partition coefficient (Wildman–Crippen LogP) is 4.98. The van der Waals surface area contributed by atoms with Crippen molar-refractivity contribution in [1.29, 1.82) is 0 Å². The summed E-state index contributed by atoms with van der Waals surface area (Å²) < 4.78 is 47.1. The highest BCUT2D eigenvalue weighted by molar-refractivity contribution is 7.98. The lowest BCUT2D eigenvalue weighted by atomic mass is 10.1. The Morgan fingerprint density at radius 1 is 1.17 bits per heavy atom. The Labute approximate surface area is 241 Å². The number of nitrogens with one attached hydrogen (secondary N) is 3. The van der Waals surface area contributed by atoms with Crippen molar-refractivity contribution in [2.45, 2.75) is 36.5 Å². The van der Waals surface area contributed by atoms with Crippen LogP contribution in [0.1, 0.15) is 18.5 Å². The van der Waals surface area contributed by atoms with Crippen LogP contribution in [0.2, 0.25) is 0 Å². The predicted molar refractivity (Wildman–Crippen MR) is 157 cm³/mol. The first kappa shape index (κ1) is 30.4. The topological polar surface area (TPSA) is 90.8 Å². The number of nitrogens with zero attached hydrogens (tertiary/aromatic N) is 2. The number of hydrogen-bond donors (Lipinski definition) is 4. The van der Waals surface area contributed by atoms with E-state index in [9.17, 15) is 18.0 Å². The first-order chi connectivity index (χ1) is 19.7. The van der Waals surface area contributed by atoms with E-state index in [-0.39, 0.29) is 24.9 Å². The fraction of sp³-hybridized carbons (Fsp3) is 0.414. The zero-order chi connectivity index (χ0) is 29.4. The second-order valence-corrected chi connectivity index (χ2v) is 10.5. The maximum Gasteiger partial charge on any atom is 0.406 e. The number of halogens is 3. The third-order valence-corrected chi connectivity index (χ3v) is 7.59. The van der Waals surface area contributed by atoms with Gasteiger partial charge in [-0.05, 0) is 61.4 Å². The molecule has 12 heteroatoms. The monoisotopic (exact) mass is 589 g/mol. The number of aromatic nitrogens is 1. The van der Waals surface area contributed by atoms with Crippen molar-refractivity contribution in [3.63, 3.8) is 0 Å². The number of thioether (sulfide) groups is 1. The summed E-state index contributed by atoms with van der Waals surface area (Å²) in [6.07, 6.45) is -0.994. The van der Waals surface area contributed by atoms with E-state index in [1.54, 1.807) is 43.1 Å². The van der Waals surface area contributed by atoms with Crippen LogP contribution in [0.5, 0.6) is 5.75 Å². The van der Waals surface area contributed by atoms with E-state index in [4.69, 9.17) is 9.84 Å². The molecule has 2 heterocycles. The Kier molecular flexibility index (Phi) is 10.3. The minimum absolute atomic E-state index is 0.0246. The Morgan fingerprint density at radius 2 is 1.95 bits per heavy atom. The summed E-state index contributed by atoms with van der Waals surface area (Å²) in [4.78, 5) is 16.0. The van der Waals surface area contributed by atoms with Crippen molar-refractivity contribution in [3.8, 4) is 17.6 Å². The van der Waals surface area contributed by atoms with Gasteiger partial charge in [-0.2, -0.15) is 13.2 Å². The van der Waals surface area contributed by atoms with Crippen LogP contribution >= 0.6 is 11.8 Å². The third-order valence-electron chi connectivity index (χ3n) is 6.86. The molecule has 3 aromatic rings. The summed E-state index contributed by atoms with van der Waals surface area (Å²) in [5, 5.41) is 18.5. The molecule has 2 aromatic carbocycles. The number of β-amino-alcohol motifs (C(OH)–C–C–N with tert-alkyl or cyclic N) is 1. The molecular formula is C29H34F3N5O3S. The van der Waals surface area contributed by atoms with Gasteiger partial charge in [-0.1, -0.05) is 12.0 Å². The maximum absolute atomic E-state index is 13.5.